The molecule has 0 aliphatic heterocycles. The number of carbonyl (C=O) groups is 1. The lowest BCUT2D eigenvalue weighted by atomic mass is 10.1. The molecule has 0 saturated heterocycles. The third-order valence-electron chi connectivity index (χ3n) is 3.66. The van der Waals surface area contributed by atoms with Gasteiger partial charge in [0.1, 0.15) is 5.82 Å². The SMILES string of the molecule is O=C(O)CCn1nc(Cc2ccccc2)n(-c2ccccc2)c1=S. The highest BCUT2D eigenvalue weighted by Gasteiger charge is 2.13. The first-order valence-corrected chi connectivity index (χ1v) is 8.06. The highest BCUT2D eigenvalue weighted by Crippen LogP contribution is 2.16. The van der Waals surface area contributed by atoms with Gasteiger partial charge in [0.05, 0.1) is 13.0 Å². The number of benzene rings is 2. The fourth-order valence-corrected chi connectivity index (χ4v) is 2.87. The third-order valence-corrected chi connectivity index (χ3v) is 4.06. The van der Waals surface area contributed by atoms with Crippen LogP contribution in [0, 0.1) is 4.77 Å². The Hall–Kier alpha value is -2.73. The summed E-state index contributed by atoms with van der Waals surface area (Å²) in [4.78, 5) is 10.9. The Balaban J connectivity index is 2.03. The molecular formula is C18H17N3O2S. The van der Waals surface area contributed by atoms with Crippen LogP contribution in [0.25, 0.3) is 5.69 Å². The largest absolute Gasteiger partial charge is 0.481 e. The Morgan fingerprint density at radius 2 is 1.67 bits per heavy atom. The first-order chi connectivity index (χ1) is 11.6. The maximum atomic E-state index is 10.9. The zero-order valence-corrected chi connectivity index (χ0v) is 13.8. The zero-order chi connectivity index (χ0) is 16.9. The Morgan fingerprint density at radius 3 is 2.29 bits per heavy atom. The summed E-state index contributed by atoms with van der Waals surface area (Å²) in [7, 11) is 0. The average molecular weight is 339 g/mol. The molecule has 1 N–H and O–H groups in total. The topological polar surface area (TPSA) is 60.0 Å². The van der Waals surface area contributed by atoms with Gasteiger partial charge in [-0.05, 0) is 29.9 Å². The van der Waals surface area contributed by atoms with Crippen LogP contribution in [0.3, 0.4) is 0 Å². The molecule has 0 aliphatic carbocycles. The second-order valence-corrected chi connectivity index (χ2v) is 5.76. The van der Waals surface area contributed by atoms with Crippen molar-refractivity contribution in [2.24, 2.45) is 0 Å². The van der Waals surface area contributed by atoms with Gasteiger partial charge in [-0.15, -0.1) is 0 Å². The first-order valence-electron chi connectivity index (χ1n) is 7.65. The van der Waals surface area contributed by atoms with Gasteiger partial charge < -0.3 is 5.11 Å². The monoisotopic (exact) mass is 339 g/mol. The molecule has 2 aromatic carbocycles. The Morgan fingerprint density at radius 1 is 1.04 bits per heavy atom. The van der Waals surface area contributed by atoms with E-state index in [2.05, 4.69) is 5.10 Å². The van der Waals surface area contributed by atoms with Crippen molar-refractivity contribution in [3.8, 4) is 5.69 Å². The van der Waals surface area contributed by atoms with E-state index < -0.39 is 5.97 Å². The van der Waals surface area contributed by atoms with Crippen molar-refractivity contribution in [1.29, 1.82) is 0 Å². The van der Waals surface area contributed by atoms with Crippen LogP contribution >= 0.6 is 12.2 Å². The lowest BCUT2D eigenvalue weighted by Gasteiger charge is -2.06. The van der Waals surface area contributed by atoms with Crippen LogP contribution in [0.4, 0.5) is 0 Å². The number of aryl methyl sites for hydroxylation is 1. The molecule has 24 heavy (non-hydrogen) atoms. The molecule has 122 valence electrons. The summed E-state index contributed by atoms with van der Waals surface area (Å²) in [6, 6.07) is 19.8. The molecule has 0 amide bonds. The van der Waals surface area contributed by atoms with E-state index in [4.69, 9.17) is 17.3 Å². The Kier molecular flexibility index (Phi) is 4.86. The van der Waals surface area contributed by atoms with Gasteiger partial charge in [0.25, 0.3) is 0 Å². The number of rotatable bonds is 6. The van der Waals surface area contributed by atoms with Crippen molar-refractivity contribution in [2.45, 2.75) is 19.4 Å². The molecule has 5 nitrogen and oxygen atoms in total. The smallest absolute Gasteiger partial charge is 0.305 e. The molecule has 0 radical (unpaired) electrons. The molecule has 1 aromatic heterocycles. The molecule has 0 spiro atoms. The van der Waals surface area contributed by atoms with E-state index in [1.165, 1.54) is 0 Å². The fraction of sp³-hybridized carbons (Fsp3) is 0.167. The van der Waals surface area contributed by atoms with Crippen LogP contribution in [0.15, 0.2) is 60.7 Å². The predicted octanol–water partition coefficient (Wildman–Crippen LogP) is 3.47. The van der Waals surface area contributed by atoms with Crippen molar-refractivity contribution in [2.75, 3.05) is 0 Å². The molecule has 6 heteroatoms. The van der Waals surface area contributed by atoms with E-state index in [0.717, 1.165) is 17.1 Å². The number of aliphatic carboxylic acids is 1. The maximum absolute atomic E-state index is 10.9. The number of para-hydroxylation sites is 1. The van der Waals surface area contributed by atoms with E-state index in [9.17, 15) is 4.79 Å². The van der Waals surface area contributed by atoms with E-state index in [0.29, 0.717) is 11.2 Å². The first kappa shape index (κ1) is 16.1. The van der Waals surface area contributed by atoms with Crippen molar-refractivity contribution in [1.82, 2.24) is 14.3 Å². The minimum Gasteiger partial charge on any atom is -0.481 e. The van der Waals surface area contributed by atoms with Gasteiger partial charge in [0.15, 0.2) is 0 Å². The number of aromatic nitrogens is 3. The molecule has 0 fully saturated rings. The van der Waals surface area contributed by atoms with Gasteiger partial charge in [-0.2, -0.15) is 5.10 Å². The lowest BCUT2D eigenvalue weighted by Crippen LogP contribution is -2.06. The van der Waals surface area contributed by atoms with E-state index >= 15 is 0 Å². The molecule has 0 atom stereocenters. The summed E-state index contributed by atoms with van der Waals surface area (Å²) in [5, 5.41) is 13.5. The quantitative estimate of drug-likeness (QED) is 0.699. The van der Waals surface area contributed by atoms with Crippen molar-refractivity contribution < 1.29 is 9.90 Å². The number of hydrogen-bond acceptors (Lipinski definition) is 3. The van der Waals surface area contributed by atoms with Gasteiger partial charge in [0, 0.05) is 12.1 Å². The maximum Gasteiger partial charge on any atom is 0.305 e. The number of hydrogen-bond donors (Lipinski definition) is 1. The van der Waals surface area contributed by atoms with Gasteiger partial charge >= 0.3 is 5.97 Å². The Labute approximate surface area is 144 Å². The minimum atomic E-state index is -0.865. The number of nitrogens with zero attached hydrogens (tertiary/aromatic N) is 3. The van der Waals surface area contributed by atoms with Gasteiger partial charge in [-0.3, -0.25) is 9.36 Å². The second kappa shape index (κ2) is 7.23. The van der Waals surface area contributed by atoms with Crippen molar-refractivity contribution in [3.63, 3.8) is 0 Å². The van der Waals surface area contributed by atoms with Crippen molar-refractivity contribution in [3.05, 3.63) is 76.8 Å². The van der Waals surface area contributed by atoms with Crippen LogP contribution in [-0.2, 0) is 17.8 Å². The summed E-state index contributed by atoms with van der Waals surface area (Å²) in [6.07, 6.45) is 0.615. The zero-order valence-electron chi connectivity index (χ0n) is 13.0. The van der Waals surface area contributed by atoms with Gasteiger partial charge in [-0.1, -0.05) is 48.5 Å². The standard InChI is InChI=1S/C18H17N3O2S/c22-17(23)11-12-20-18(24)21(15-9-5-2-6-10-15)16(19-20)13-14-7-3-1-4-8-14/h1-10H,11-13H2,(H,22,23). The second-order valence-electron chi connectivity index (χ2n) is 5.40. The summed E-state index contributed by atoms with van der Waals surface area (Å²) in [5.74, 6) is -0.0708. The van der Waals surface area contributed by atoms with Crippen LogP contribution in [0.1, 0.15) is 17.8 Å². The fourth-order valence-electron chi connectivity index (χ4n) is 2.53. The molecule has 3 rings (SSSR count). The van der Waals surface area contributed by atoms with E-state index in [1.807, 2.05) is 65.2 Å². The molecule has 0 saturated carbocycles. The van der Waals surface area contributed by atoms with Crippen LogP contribution in [0.2, 0.25) is 0 Å². The summed E-state index contributed by atoms with van der Waals surface area (Å²) >= 11 is 5.53. The van der Waals surface area contributed by atoms with Crippen LogP contribution in [-0.4, -0.2) is 25.4 Å². The lowest BCUT2D eigenvalue weighted by molar-refractivity contribution is -0.137. The van der Waals surface area contributed by atoms with Crippen LogP contribution < -0.4 is 0 Å². The van der Waals surface area contributed by atoms with E-state index in [1.54, 1.807) is 4.68 Å². The average Bonchev–Trinajstić information content (AvgIpc) is 2.90. The molecule has 1 heterocycles. The normalized spacial score (nSPS) is 10.7. The molecular weight excluding hydrogens is 322 g/mol. The van der Waals surface area contributed by atoms with Gasteiger partial charge in [0.2, 0.25) is 4.77 Å². The summed E-state index contributed by atoms with van der Waals surface area (Å²) in [6.45, 7) is 0.260. The Bertz CT molecular complexity index is 886. The molecule has 0 unspecified atom stereocenters. The third kappa shape index (κ3) is 3.60. The van der Waals surface area contributed by atoms with E-state index in [-0.39, 0.29) is 13.0 Å². The number of carboxylic acids is 1. The summed E-state index contributed by atoms with van der Waals surface area (Å²) in [5.41, 5.74) is 2.05. The van der Waals surface area contributed by atoms with Gasteiger partial charge in [-0.25, -0.2) is 4.68 Å². The summed E-state index contributed by atoms with van der Waals surface area (Å²) < 4.78 is 4.01. The molecule has 0 aliphatic rings. The highest BCUT2D eigenvalue weighted by molar-refractivity contribution is 7.71. The molecule has 0 bridgehead atoms. The molecule has 3 aromatic rings. The van der Waals surface area contributed by atoms with Crippen LogP contribution in [0.5, 0.6) is 0 Å². The predicted molar refractivity (Wildman–Crippen MR) is 93.9 cm³/mol. The minimum absolute atomic E-state index is 0.00904. The number of carboxylic acid groups (broad SMARTS) is 1. The van der Waals surface area contributed by atoms with Crippen molar-refractivity contribution >= 4 is 18.2 Å². The highest BCUT2D eigenvalue weighted by atomic mass is 32.1.